The third-order valence-electron chi connectivity index (χ3n) is 5.07. The first-order valence-corrected chi connectivity index (χ1v) is 11.4. The third-order valence-corrected chi connectivity index (χ3v) is 5.87. The summed E-state index contributed by atoms with van der Waals surface area (Å²) < 4.78 is 22.4. The van der Waals surface area contributed by atoms with Crippen molar-refractivity contribution < 1.29 is 49.1 Å². The molecule has 0 spiro atoms. The molecule has 0 unspecified atom stereocenters. The normalized spacial score (nSPS) is 22.9. The van der Waals surface area contributed by atoms with E-state index in [1.165, 1.54) is 17.2 Å². The van der Waals surface area contributed by atoms with Crippen molar-refractivity contribution >= 4 is 36.4 Å². The van der Waals surface area contributed by atoms with Gasteiger partial charge >= 0.3 is 7.82 Å². The highest BCUT2D eigenvalue weighted by Gasteiger charge is 2.44. The van der Waals surface area contributed by atoms with Crippen molar-refractivity contribution in [3.63, 3.8) is 0 Å². The molecule has 2 aromatic heterocycles. The fraction of sp³-hybridized carbons (Fsp3) is 0.353. The first-order valence-electron chi connectivity index (χ1n) is 9.54. The number of nitrogens with zero attached hydrogens (tertiary/aromatic N) is 4. The van der Waals surface area contributed by atoms with Gasteiger partial charge in [-0.05, 0) is 6.07 Å². The van der Waals surface area contributed by atoms with Crippen LogP contribution in [0, 0.1) is 0 Å². The van der Waals surface area contributed by atoms with E-state index in [2.05, 4.69) is 24.8 Å². The maximum absolute atomic E-state index is 11.1. The highest BCUT2D eigenvalue weighted by Crippen LogP contribution is 2.48. The van der Waals surface area contributed by atoms with Gasteiger partial charge in [0.15, 0.2) is 40.5 Å². The lowest BCUT2D eigenvalue weighted by molar-refractivity contribution is -0.0511. The largest absolute Gasteiger partial charge is 0.524 e. The number of aromatic hydroxyl groups is 2. The average molecular weight is 520 g/mol. The van der Waals surface area contributed by atoms with Crippen LogP contribution in [-0.4, -0.2) is 79.8 Å². The van der Waals surface area contributed by atoms with Crippen molar-refractivity contribution in [2.75, 3.05) is 11.9 Å². The number of nitrogens with one attached hydrogen (secondary N) is 1. The number of anilines is 1. The maximum atomic E-state index is 11.1. The number of hydrogen-bond acceptors (Lipinski definition) is 12. The number of fused-ring (bicyclic) bond motifs is 1. The van der Waals surface area contributed by atoms with Gasteiger partial charge in [-0.15, -0.1) is 0 Å². The van der Waals surface area contributed by atoms with Crippen LogP contribution in [0.4, 0.5) is 5.82 Å². The molecule has 1 saturated heterocycles. The molecule has 17 heteroatoms. The smallest absolute Gasteiger partial charge is 0.504 e. The molecule has 4 atom stereocenters. The summed E-state index contributed by atoms with van der Waals surface area (Å²) in [6.07, 6.45) is -2.29. The molecule has 1 aliphatic heterocycles. The van der Waals surface area contributed by atoms with Gasteiger partial charge in [-0.25, -0.2) is 19.5 Å². The third kappa shape index (κ3) is 4.47. The minimum absolute atomic E-state index is 0.0417. The minimum atomic E-state index is -5.00. The number of aliphatic hydroxyl groups is 3. The molecule has 0 radical (unpaired) electrons. The summed E-state index contributed by atoms with van der Waals surface area (Å²) in [4.78, 5) is 30.4. The molecular weight excluding hydrogens is 501 g/mol. The lowest BCUT2D eigenvalue weighted by atomic mass is 10.1. The van der Waals surface area contributed by atoms with Crippen molar-refractivity contribution in [1.82, 2.24) is 19.5 Å². The average Bonchev–Trinajstić information content (AvgIpc) is 3.33. The standard InChI is InChI=1S/C17H19ClN5O10P/c18-9-7(33-34(29,30)31)1-6(11(25)13(9)27)2-19-15-10-16(21-4-20-15)23(5-22-10)17-14(28)12(26)8(3-24)32-17/h1,4-5,8,12,14,17,24-28H,2-3H2,(H,19,20,21)(H2,29,30,31)/t8-,12-,14-,17-/m1/s1. The Morgan fingerprint density at radius 1 is 1.18 bits per heavy atom. The van der Waals surface area contributed by atoms with E-state index in [0.29, 0.717) is 0 Å². The molecule has 0 amide bonds. The summed E-state index contributed by atoms with van der Waals surface area (Å²) in [5, 5.41) is 52.0. The first kappa shape index (κ1) is 24.4. The highest BCUT2D eigenvalue weighted by atomic mass is 35.5. The molecule has 8 N–H and O–H groups in total. The summed E-state index contributed by atoms with van der Waals surface area (Å²) in [5.74, 6) is -1.89. The van der Waals surface area contributed by atoms with Gasteiger partial charge in [-0.2, -0.15) is 0 Å². The number of phenolic OH excluding ortho intramolecular Hbond substituents is 2. The predicted molar refractivity (Wildman–Crippen MR) is 113 cm³/mol. The van der Waals surface area contributed by atoms with Crippen LogP contribution in [-0.2, 0) is 15.8 Å². The predicted octanol–water partition coefficient (Wildman–Crippen LogP) is -0.414. The van der Waals surface area contributed by atoms with Crippen LogP contribution < -0.4 is 9.84 Å². The van der Waals surface area contributed by atoms with E-state index in [-0.39, 0.29) is 29.1 Å². The fourth-order valence-electron chi connectivity index (χ4n) is 3.45. The van der Waals surface area contributed by atoms with Crippen LogP contribution in [0.3, 0.4) is 0 Å². The first-order chi connectivity index (χ1) is 16.0. The molecule has 15 nitrogen and oxygen atoms in total. The Morgan fingerprint density at radius 2 is 1.91 bits per heavy atom. The summed E-state index contributed by atoms with van der Waals surface area (Å²) in [6.45, 7) is -0.727. The second kappa shape index (κ2) is 9.13. The van der Waals surface area contributed by atoms with Crippen LogP contribution in [0.5, 0.6) is 17.2 Å². The van der Waals surface area contributed by atoms with Crippen molar-refractivity contribution in [2.45, 2.75) is 31.1 Å². The molecule has 34 heavy (non-hydrogen) atoms. The summed E-state index contributed by atoms with van der Waals surface area (Å²) in [7, 11) is -5.00. The number of hydrogen-bond donors (Lipinski definition) is 8. The van der Waals surface area contributed by atoms with Crippen LogP contribution >= 0.6 is 19.4 Å². The molecular formula is C17H19ClN5O10P. The quantitative estimate of drug-likeness (QED) is 0.146. The van der Waals surface area contributed by atoms with Crippen molar-refractivity contribution in [1.29, 1.82) is 0 Å². The molecule has 0 bridgehead atoms. The lowest BCUT2D eigenvalue weighted by Crippen LogP contribution is -2.33. The Kier molecular flexibility index (Phi) is 6.54. The number of imidazole rings is 1. The van der Waals surface area contributed by atoms with Gasteiger partial charge in [-0.3, -0.25) is 14.4 Å². The Morgan fingerprint density at radius 3 is 2.56 bits per heavy atom. The van der Waals surface area contributed by atoms with E-state index in [4.69, 9.17) is 26.1 Å². The second-order valence-electron chi connectivity index (χ2n) is 7.26. The summed E-state index contributed by atoms with van der Waals surface area (Å²) in [5.41, 5.74) is 0.380. The Bertz CT molecular complexity index is 1270. The van der Waals surface area contributed by atoms with Crippen LogP contribution in [0.15, 0.2) is 18.7 Å². The number of phosphoric acid groups is 1. The molecule has 1 aromatic carbocycles. The number of aliphatic hydroxyl groups excluding tert-OH is 3. The zero-order chi connectivity index (χ0) is 24.8. The van der Waals surface area contributed by atoms with E-state index in [0.717, 1.165) is 6.07 Å². The van der Waals surface area contributed by atoms with Gasteiger partial charge in [0, 0.05) is 12.1 Å². The highest BCUT2D eigenvalue weighted by molar-refractivity contribution is 7.46. The number of benzene rings is 1. The van der Waals surface area contributed by atoms with Gasteiger partial charge in [0.1, 0.15) is 29.7 Å². The minimum Gasteiger partial charge on any atom is -0.504 e. The topological polar surface area (TPSA) is 233 Å². The van der Waals surface area contributed by atoms with Gasteiger partial charge in [0.2, 0.25) is 0 Å². The second-order valence-corrected chi connectivity index (χ2v) is 8.80. The number of halogens is 1. The zero-order valence-electron chi connectivity index (χ0n) is 16.9. The van der Waals surface area contributed by atoms with E-state index >= 15 is 0 Å². The number of rotatable bonds is 7. The number of phosphoric ester groups is 1. The summed E-state index contributed by atoms with van der Waals surface area (Å²) in [6, 6.07) is 1.03. The number of ether oxygens (including phenoxy) is 1. The van der Waals surface area contributed by atoms with Gasteiger partial charge in [0.05, 0.1) is 12.9 Å². The van der Waals surface area contributed by atoms with Crippen molar-refractivity contribution in [2.24, 2.45) is 0 Å². The van der Waals surface area contributed by atoms with Crippen LogP contribution in [0.1, 0.15) is 11.8 Å². The summed E-state index contributed by atoms with van der Waals surface area (Å²) >= 11 is 5.78. The van der Waals surface area contributed by atoms with Crippen molar-refractivity contribution in [3.8, 4) is 17.2 Å². The zero-order valence-corrected chi connectivity index (χ0v) is 18.6. The molecule has 0 aliphatic carbocycles. The lowest BCUT2D eigenvalue weighted by Gasteiger charge is -2.16. The number of aromatic nitrogens is 4. The molecule has 184 valence electrons. The molecule has 3 aromatic rings. The Balaban J connectivity index is 1.62. The van der Waals surface area contributed by atoms with E-state index < -0.39 is 61.2 Å². The van der Waals surface area contributed by atoms with E-state index in [1.807, 2.05) is 0 Å². The molecule has 3 heterocycles. The fourth-order valence-corrected chi connectivity index (χ4v) is 4.08. The van der Waals surface area contributed by atoms with E-state index in [1.54, 1.807) is 0 Å². The van der Waals surface area contributed by atoms with Crippen LogP contribution in [0.2, 0.25) is 5.02 Å². The van der Waals surface area contributed by atoms with Gasteiger partial charge in [-0.1, -0.05) is 11.6 Å². The maximum Gasteiger partial charge on any atom is 0.524 e. The van der Waals surface area contributed by atoms with Gasteiger partial charge < -0.3 is 40.1 Å². The van der Waals surface area contributed by atoms with E-state index in [9.17, 15) is 30.1 Å². The Labute approximate surface area is 195 Å². The molecule has 0 saturated carbocycles. The van der Waals surface area contributed by atoms with Crippen molar-refractivity contribution in [3.05, 3.63) is 29.3 Å². The monoisotopic (exact) mass is 519 g/mol. The van der Waals surface area contributed by atoms with Crippen LogP contribution in [0.25, 0.3) is 11.2 Å². The molecule has 1 fully saturated rings. The Hall–Kier alpha value is -2.75. The number of phenols is 2. The molecule has 4 rings (SSSR count). The SMILES string of the molecule is O=P(O)(O)Oc1cc(CNc2ncnc3c2ncn3[C@@H]2O[C@H](CO)[C@@H](O)[C@H]2O)c(O)c(O)c1Cl. The molecule has 1 aliphatic rings. The van der Waals surface area contributed by atoms with Gasteiger partial charge in [0.25, 0.3) is 0 Å².